The highest BCUT2D eigenvalue weighted by Gasteiger charge is 2.58. The molecule has 2 fully saturated rings. The molecule has 0 bridgehead atoms. The van der Waals surface area contributed by atoms with Gasteiger partial charge in [-0.15, -0.1) is 6.42 Å². The zero-order valence-corrected chi connectivity index (χ0v) is 12.6. The Morgan fingerprint density at radius 3 is 2.40 bits per heavy atom. The fraction of sp³-hybridized carbons (Fsp3) is 0.800. The van der Waals surface area contributed by atoms with Crippen LogP contribution in [-0.2, 0) is 4.74 Å². The summed E-state index contributed by atoms with van der Waals surface area (Å²) in [5.41, 5.74) is -0.421. The molecule has 2 aliphatic rings. The molecular formula is C15H24N2O3. The second kappa shape index (κ2) is 5.27. The van der Waals surface area contributed by atoms with E-state index in [4.69, 9.17) is 11.2 Å². The van der Waals surface area contributed by atoms with Gasteiger partial charge in [0.15, 0.2) is 0 Å². The van der Waals surface area contributed by atoms with Crippen LogP contribution in [0.2, 0.25) is 0 Å². The number of nitrogens with zero attached hydrogens (tertiary/aromatic N) is 2. The lowest BCUT2D eigenvalue weighted by Gasteiger charge is -2.53. The number of amides is 1. The smallest absolute Gasteiger partial charge is 0.408 e. The molecule has 0 aliphatic carbocycles. The zero-order chi connectivity index (χ0) is 15.0. The predicted molar refractivity (Wildman–Crippen MR) is 76.5 cm³/mol. The number of carbonyl (C=O) groups is 1. The Hall–Kier alpha value is -1.25. The minimum atomic E-state index is -0.924. The quantitative estimate of drug-likeness (QED) is 0.739. The summed E-state index contributed by atoms with van der Waals surface area (Å²) in [6, 6.07) is -0.405. The summed E-state index contributed by atoms with van der Waals surface area (Å²) in [5.74, 6) is 2.75. The number of ether oxygens (including phenoxy) is 1. The van der Waals surface area contributed by atoms with Crippen molar-refractivity contribution in [2.45, 2.75) is 38.8 Å². The molecule has 2 rings (SSSR count). The third-order valence-electron chi connectivity index (χ3n) is 4.78. The van der Waals surface area contributed by atoms with Crippen molar-refractivity contribution in [2.24, 2.45) is 5.41 Å². The van der Waals surface area contributed by atoms with Crippen molar-refractivity contribution in [3.8, 4) is 12.3 Å². The zero-order valence-electron chi connectivity index (χ0n) is 12.6. The van der Waals surface area contributed by atoms with Gasteiger partial charge in [-0.25, -0.2) is 4.79 Å². The van der Waals surface area contributed by atoms with Gasteiger partial charge in [-0.3, -0.25) is 9.80 Å². The van der Waals surface area contributed by atoms with Crippen LogP contribution in [0.3, 0.4) is 0 Å². The summed E-state index contributed by atoms with van der Waals surface area (Å²) in [7, 11) is 0. The normalized spacial score (nSPS) is 32.1. The van der Waals surface area contributed by atoms with E-state index in [1.807, 2.05) is 0 Å². The lowest BCUT2D eigenvalue weighted by atomic mass is 9.67. The van der Waals surface area contributed by atoms with Crippen LogP contribution in [0, 0.1) is 17.8 Å². The van der Waals surface area contributed by atoms with E-state index in [1.54, 1.807) is 0 Å². The first-order valence-electron chi connectivity index (χ1n) is 7.13. The number of likely N-dealkylation sites (tertiary alicyclic amines) is 1. The Balaban J connectivity index is 2.42. The molecule has 2 saturated heterocycles. The van der Waals surface area contributed by atoms with E-state index in [-0.39, 0.29) is 11.0 Å². The highest BCUT2D eigenvalue weighted by molar-refractivity contribution is 5.67. The molecule has 1 N–H and O–H groups in total. The average Bonchev–Trinajstić information content (AvgIpc) is 2.79. The highest BCUT2D eigenvalue weighted by Crippen LogP contribution is 2.47. The minimum Gasteiger partial charge on any atom is -0.465 e. The van der Waals surface area contributed by atoms with Crippen LogP contribution < -0.4 is 0 Å². The molecule has 5 nitrogen and oxygen atoms in total. The number of morpholine rings is 1. The SMILES string of the molecule is C#C[C@H]1N(C(=O)O)CC[C@@]1(N1CCOCC1)C(C)(C)C. The number of rotatable bonds is 1. The molecule has 2 aliphatic heterocycles. The van der Waals surface area contributed by atoms with E-state index >= 15 is 0 Å². The van der Waals surface area contributed by atoms with Crippen LogP contribution in [0.25, 0.3) is 0 Å². The van der Waals surface area contributed by atoms with Crippen LogP contribution >= 0.6 is 0 Å². The third-order valence-corrected chi connectivity index (χ3v) is 4.78. The standard InChI is InChI=1S/C15H24N2O3/c1-5-12-15(14(2,3)4,6-7-17(12)13(18)19)16-8-10-20-11-9-16/h1,12H,6-11H2,2-4H3,(H,18,19)/t12-,15+/m1/s1. The van der Waals surface area contributed by atoms with Crippen molar-refractivity contribution in [2.75, 3.05) is 32.8 Å². The maximum atomic E-state index is 11.5. The summed E-state index contributed by atoms with van der Waals surface area (Å²) in [6.45, 7) is 9.93. The fourth-order valence-electron chi connectivity index (χ4n) is 3.80. The molecule has 0 unspecified atom stereocenters. The monoisotopic (exact) mass is 280 g/mol. The van der Waals surface area contributed by atoms with Crippen molar-refractivity contribution < 1.29 is 14.6 Å². The van der Waals surface area contributed by atoms with E-state index in [0.29, 0.717) is 19.8 Å². The topological polar surface area (TPSA) is 53.0 Å². The van der Waals surface area contributed by atoms with Gasteiger partial charge in [0.1, 0.15) is 6.04 Å². The van der Waals surface area contributed by atoms with Gasteiger partial charge in [0, 0.05) is 19.6 Å². The number of carboxylic acid groups (broad SMARTS) is 1. The third kappa shape index (κ3) is 2.17. The summed E-state index contributed by atoms with van der Waals surface area (Å²) in [6.07, 6.45) is 5.58. The van der Waals surface area contributed by atoms with E-state index in [1.165, 1.54) is 4.90 Å². The van der Waals surface area contributed by atoms with Crippen LogP contribution in [0.1, 0.15) is 27.2 Å². The average molecular weight is 280 g/mol. The van der Waals surface area contributed by atoms with Crippen molar-refractivity contribution in [3.05, 3.63) is 0 Å². The Bertz CT molecular complexity index is 418. The van der Waals surface area contributed by atoms with Crippen molar-refractivity contribution >= 4 is 6.09 Å². The second-order valence-electron chi connectivity index (χ2n) is 6.57. The molecule has 0 aromatic heterocycles. The Morgan fingerprint density at radius 2 is 1.95 bits per heavy atom. The first kappa shape index (κ1) is 15.1. The molecule has 20 heavy (non-hydrogen) atoms. The molecule has 0 aromatic carbocycles. The molecule has 0 saturated carbocycles. The maximum Gasteiger partial charge on any atom is 0.408 e. The number of hydrogen-bond acceptors (Lipinski definition) is 3. The van der Waals surface area contributed by atoms with Gasteiger partial charge in [0.2, 0.25) is 0 Å². The van der Waals surface area contributed by atoms with Crippen LogP contribution in [0.15, 0.2) is 0 Å². The van der Waals surface area contributed by atoms with Crippen LogP contribution in [0.4, 0.5) is 4.79 Å². The van der Waals surface area contributed by atoms with Gasteiger partial charge in [-0.05, 0) is 11.8 Å². The molecule has 5 heteroatoms. The van der Waals surface area contributed by atoms with Crippen molar-refractivity contribution in [1.82, 2.24) is 9.80 Å². The fourth-order valence-corrected chi connectivity index (χ4v) is 3.80. The first-order chi connectivity index (χ1) is 9.34. The van der Waals surface area contributed by atoms with Crippen LogP contribution in [-0.4, -0.2) is 65.4 Å². The first-order valence-corrected chi connectivity index (χ1v) is 7.13. The van der Waals surface area contributed by atoms with Crippen molar-refractivity contribution in [3.63, 3.8) is 0 Å². The summed E-state index contributed by atoms with van der Waals surface area (Å²) in [5, 5.41) is 9.40. The van der Waals surface area contributed by atoms with E-state index < -0.39 is 12.1 Å². The summed E-state index contributed by atoms with van der Waals surface area (Å²) >= 11 is 0. The van der Waals surface area contributed by atoms with Crippen molar-refractivity contribution in [1.29, 1.82) is 0 Å². The van der Waals surface area contributed by atoms with Gasteiger partial charge >= 0.3 is 6.09 Å². The molecule has 1 amide bonds. The van der Waals surface area contributed by atoms with Gasteiger partial charge in [-0.2, -0.15) is 0 Å². The number of terminal acetylenes is 1. The molecule has 112 valence electrons. The maximum absolute atomic E-state index is 11.5. The van der Waals surface area contributed by atoms with E-state index in [2.05, 4.69) is 31.6 Å². The van der Waals surface area contributed by atoms with E-state index in [0.717, 1.165) is 19.5 Å². The summed E-state index contributed by atoms with van der Waals surface area (Å²) in [4.78, 5) is 15.2. The van der Waals surface area contributed by atoms with Gasteiger partial charge in [0.05, 0.1) is 18.8 Å². The van der Waals surface area contributed by atoms with Crippen LogP contribution in [0.5, 0.6) is 0 Å². The molecule has 0 spiro atoms. The molecule has 0 radical (unpaired) electrons. The minimum absolute atomic E-state index is 0.106. The Morgan fingerprint density at radius 1 is 1.35 bits per heavy atom. The second-order valence-corrected chi connectivity index (χ2v) is 6.57. The van der Waals surface area contributed by atoms with E-state index in [9.17, 15) is 9.90 Å². The van der Waals surface area contributed by atoms with Gasteiger partial charge in [0.25, 0.3) is 0 Å². The predicted octanol–water partition coefficient (Wildman–Crippen LogP) is 1.49. The molecule has 0 aromatic rings. The van der Waals surface area contributed by atoms with Gasteiger partial charge < -0.3 is 9.84 Å². The lowest BCUT2D eigenvalue weighted by Crippen LogP contribution is -2.65. The lowest BCUT2D eigenvalue weighted by molar-refractivity contribution is -0.0729. The highest BCUT2D eigenvalue weighted by atomic mass is 16.5. The molecule has 2 atom stereocenters. The summed E-state index contributed by atoms with van der Waals surface area (Å²) < 4.78 is 5.44. The van der Waals surface area contributed by atoms with Gasteiger partial charge in [-0.1, -0.05) is 26.7 Å². The number of hydrogen-bond donors (Lipinski definition) is 1. The Labute approximate surface area is 120 Å². The largest absolute Gasteiger partial charge is 0.465 e. The Kier molecular flexibility index (Phi) is 3.99. The molecular weight excluding hydrogens is 256 g/mol. The molecule has 2 heterocycles.